The van der Waals surface area contributed by atoms with Crippen LogP contribution >= 0.6 is 11.3 Å². The molecule has 0 saturated carbocycles. The summed E-state index contributed by atoms with van der Waals surface area (Å²) in [7, 11) is 0. The summed E-state index contributed by atoms with van der Waals surface area (Å²) in [5.74, 6) is 0. The molecule has 0 N–H and O–H groups in total. The van der Waals surface area contributed by atoms with Gasteiger partial charge in [0.2, 0.25) is 0 Å². The Hall–Kier alpha value is -7.98. The molecule has 0 atom stereocenters. The van der Waals surface area contributed by atoms with E-state index in [0.717, 1.165) is 17.1 Å². The Bertz CT molecular complexity index is 3780. The lowest BCUT2D eigenvalue weighted by Gasteiger charge is -2.32. The fourth-order valence-electron chi connectivity index (χ4n) is 11.4. The summed E-state index contributed by atoms with van der Waals surface area (Å²) in [5.41, 5.74) is 19.6. The smallest absolute Gasteiger partial charge is 0.0726 e. The van der Waals surface area contributed by atoms with Gasteiger partial charge >= 0.3 is 0 Å². The van der Waals surface area contributed by atoms with Gasteiger partial charge in [-0.15, -0.1) is 11.3 Å². The van der Waals surface area contributed by atoms with Crippen LogP contribution in [0.3, 0.4) is 0 Å². The third-order valence-corrected chi connectivity index (χ3v) is 15.3. The van der Waals surface area contributed by atoms with Gasteiger partial charge in [-0.1, -0.05) is 170 Å². The van der Waals surface area contributed by atoms with Gasteiger partial charge in [0, 0.05) is 59.3 Å². The van der Waals surface area contributed by atoms with Gasteiger partial charge in [-0.2, -0.15) is 0 Å². The van der Waals surface area contributed by atoms with Crippen LogP contribution in [0.15, 0.2) is 231 Å². The average molecular weight is 831 g/mol. The lowest BCUT2D eigenvalue weighted by Crippen LogP contribution is -2.26. The minimum absolute atomic E-state index is 0.504. The summed E-state index contributed by atoms with van der Waals surface area (Å²) in [5, 5.41) is 5.23. The SMILES string of the molecule is c1ccc(-c2ccc(N(c3ccccc3)c3ccc4c(c3)C3(c5ccccc5-c5ccccc53)c3ccc5c(sc6c5ccc5c6c6ccccc6n5-c5ccccc5)c3-4)cc2)cc1. The maximum absolute atomic E-state index is 2.51. The highest BCUT2D eigenvalue weighted by Crippen LogP contribution is 2.65. The largest absolute Gasteiger partial charge is 0.310 e. The van der Waals surface area contributed by atoms with Gasteiger partial charge in [-0.3, -0.25) is 0 Å². The number of benzene rings is 10. The maximum atomic E-state index is 2.51. The van der Waals surface area contributed by atoms with Crippen LogP contribution in [0.2, 0.25) is 0 Å². The lowest BCUT2D eigenvalue weighted by atomic mass is 9.70. The van der Waals surface area contributed by atoms with Crippen LogP contribution in [-0.2, 0) is 5.41 Å². The van der Waals surface area contributed by atoms with Crippen molar-refractivity contribution in [1.29, 1.82) is 0 Å². The molecule has 0 fully saturated rings. The molecule has 3 heteroatoms. The maximum Gasteiger partial charge on any atom is 0.0726 e. The molecule has 12 aromatic rings. The second-order valence-corrected chi connectivity index (χ2v) is 18.2. The molecule has 0 bridgehead atoms. The molecule has 1 spiro atoms. The van der Waals surface area contributed by atoms with E-state index in [0.29, 0.717) is 0 Å². The summed E-state index contributed by atoms with van der Waals surface area (Å²) < 4.78 is 5.12. The number of fused-ring (bicyclic) bond motifs is 18. The number of aromatic nitrogens is 1. The normalized spacial score (nSPS) is 13.1. The molecule has 64 heavy (non-hydrogen) atoms. The van der Waals surface area contributed by atoms with Crippen LogP contribution < -0.4 is 4.90 Å². The Kier molecular flexibility index (Phi) is 7.51. The van der Waals surface area contributed by atoms with Crippen LogP contribution in [0.4, 0.5) is 17.1 Å². The van der Waals surface area contributed by atoms with Crippen molar-refractivity contribution in [2.24, 2.45) is 0 Å². The molecule has 0 radical (unpaired) electrons. The van der Waals surface area contributed by atoms with E-state index in [1.165, 1.54) is 103 Å². The molecule has 0 saturated heterocycles. The number of hydrogen-bond acceptors (Lipinski definition) is 2. The Morgan fingerprint density at radius 2 is 0.938 bits per heavy atom. The number of para-hydroxylation sites is 3. The van der Waals surface area contributed by atoms with Crippen molar-refractivity contribution in [1.82, 2.24) is 4.57 Å². The Balaban J connectivity index is 1.05. The molecule has 0 amide bonds. The van der Waals surface area contributed by atoms with Gasteiger partial charge in [0.25, 0.3) is 0 Å². The van der Waals surface area contributed by atoms with E-state index < -0.39 is 5.41 Å². The topological polar surface area (TPSA) is 8.17 Å². The van der Waals surface area contributed by atoms with Crippen molar-refractivity contribution >= 4 is 70.4 Å². The summed E-state index contributed by atoms with van der Waals surface area (Å²) in [6, 6.07) is 85.4. The first-order chi connectivity index (χ1) is 31.8. The van der Waals surface area contributed by atoms with Crippen molar-refractivity contribution in [3.63, 3.8) is 0 Å². The second kappa shape index (κ2) is 13.5. The highest BCUT2D eigenvalue weighted by molar-refractivity contribution is 7.27. The molecule has 298 valence electrons. The third kappa shape index (κ3) is 4.79. The van der Waals surface area contributed by atoms with Crippen molar-refractivity contribution in [2.45, 2.75) is 5.41 Å². The van der Waals surface area contributed by atoms with Crippen molar-refractivity contribution in [3.8, 4) is 39.1 Å². The summed E-state index contributed by atoms with van der Waals surface area (Å²) in [4.78, 5) is 2.42. The summed E-state index contributed by atoms with van der Waals surface area (Å²) in [6.07, 6.45) is 0. The predicted octanol–water partition coefficient (Wildman–Crippen LogP) is 16.6. The quantitative estimate of drug-likeness (QED) is 0.168. The number of nitrogens with zero attached hydrogens (tertiary/aromatic N) is 2. The molecule has 2 aliphatic carbocycles. The highest BCUT2D eigenvalue weighted by atomic mass is 32.1. The lowest BCUT2D eigenvalue weighted by molar-refractivity contribution is 0.794. The first-order valence-corrected chi connectivity index (χ1v) is 22.9. The van der Waals surface area contributed by atoms with E-state index >= 15 is 0 Å². The highest BCUT2D eigenvalue weighted by Gasteiger charge is 2.52. The summed E-state index contributed by atoms with van der Waals surface area (Å²) >= 11 is 1.97. The van der Waals surface area contributed by atoms with Crippen molar-refractivity contribution in [2.75, 3.05) is 4.90 Å². The molecule has 14 rings (SSSR count). The van der Waals surface area contributed by atoms with Crippen LogP contribution in [0, 0.1) is 0 Å². The molecule has 2 aliphatic rings. The average Bonchev–Trinajstić information content (AvgIpc) is 4.09. The number of rotatable bonds is 5. The van der Waals surface area contributed by atoms with Gasteiger partial charge in [-0.05, 0) is 111 Å². The fraction of sp³-hybridized carbons (Fsp3) is 0.0164. The van der Waals surface area contributed by atoms with Gasteiger partial charge in [0.05, 0.1) is 16.4 Å². The first kappa shape index (κ1) is 35.6. The zero-order chi connectivity index (χ0) is 41.9. The van der Waals surface area contributed by atoms with Crippen LogP contribution in [0.1, 0.15) is 22.3 Å². The van der Waals surface area contributed by atoms with E-state index in [2.05, 4.69) is 240 Å². The van der Waals surface area contributed by atoms with E-state index in [1.54, 1.807) is 0 Å². The molecule has 0 aliphatic heterocycles. The molecule has 2 nitrogen and oxygen atoms in total. The van der Waals surface area contributed by atoms with Crippen LogP contribution in [0.5, 0.6) is 0 Å². The molecule has 0 unspecified atom stereocenters. The van der Waals surface area contributed by atoms with Crippen LogP contribution in [-0.4, -0.2) is 4.57 Å². The number of hydrogen-bond donors (Lipinski definition) is 0. The van der Waals surface area contributed by atoms with E-state index in [-0.39, 0.29) is 0 Å². The predicted molar refractivity (Wildman–Crippen MR) is 270 cm³/mol. The monoisotopic (exact) mass is 830 g/mol. The van der Waals surface area contributed by atoms with E-state index in [4.69, 9.17) is 0 Å². The Morgan fingerprint density at radius 3 is 1.69 bits per heavy atom. The van der Waals surface area contributed by atoms with E-state index in [1.807, 2.05) is 11.3 Å². The third-order valence-electron chi connectivity index (χ3n) is 14.0. The zero-order valence-electron chi connectivity index (χ0n) is 34.7. The molecule has 2 heterocycles. The molecular formula is C61H38N2S. The van der Waals surface area contributed by atoms with Gasteiger partial charge in [-0.25, -0.2) is 0 Å². The van der Waals surface area contributed by atoms with Crippen molar-refractivity contribution in [3.05, 3.63) is 253 Å². The molecule has 2 aromatic heterocycles. The van der Waals surface area contributed by atoms with Crippen LogP contribution in [0.25, 0.3) is 81.0 Å². The Labute approximate surface area is 375 Å². The minimum Gasteiger partial charge on any atom is -0.310 e. The Morgan fingerprint density at radius 1 is 0.359 bits per heavy atom. The first-order valence-electron chi connectivity index (χ1n) is 22.1. The standard InChI is InChI=1S/C61H38N2S/c1-4-16-39(17-5-1)40-28-30-43(31-29-40)62(41-18-6-2-7-19-41)44-32-33-49-54(38-44)61(51-25-13-10-22-45(51)46-23-11-14-26-52(46)61)53-36-34-47-48-35-37-56-58(60(48)64-59(47)57(49)53)50-24-12-15-27-55(50)63(56)42-20-8-3-9-21-42/h1-38H. The zero-order valence-corrected chi connectivity index (χ0v) is 35.6. The van der Waals surface area contributed by atoms with Gasteiger partial charge in [0.15, 0.2) is 0 Å². The van der Waals surface area contributed by atoms with Gasteiger partial charge < -0.3 is 9.47 Å². The fourth-order valence-corrected chi connectivity index (χ4v) is 12.8. The minimum atomic E-state index is -0.504. The number of thiophene rings is 1. The van der Waals surface area contributed by atoms with E-state index in [9.17, 15) is 0 Å². The molecular weight excluding hydrogens is 793 g/mol. The molecule has 10 aromatic carbocycles. The van der Waals surface area contributed by atoms with Gasteiger partial charge in [0.1, 0.15) is 0 Å². The summed E-state index contributed by atoms with van der Waals surface area (Å²) in [6.45, 7) is 0. The van der Waals surface area contributed by atoms with Crippen molar-refractivity contribution < 1.29 is 0 Å². The second-order valence-electron chi connectivity index (χ2n) is 17.1. The number of anilines is 3.